The van der Waals surface area contributed by atoms with Gasteiger partial charge in [-0.3, -0.25) is 0 Å². The van der Waals surface area contributed by atoms with Crippen molar-refractivity contribution < 1.29 is 9.84 Å². The number of nitrogens with zero attached hydrogens (tertiary/aromatic N) is 1. The fraction of sp³-hybridized carbons (Fsp3) is 0.538. The maximum absolute atomic E-state index is 8.72. The van der Waals surface area contributed by atoms with Crippen LogP contribution in [0.4, 0.5) is 11.4 Å². The number of nitrogens with two attached hydrogens (primary N) is 1. The first-order valence-electron chi connectivity index (χ1n) is 6.04. The van der Waals surface area contributed by atoms with Crippen molar-refractivity contribution in [2.24, 2.45) is 0 Å². The molecule has 4 heteroatoms. The van der Waals surface area contributed by atoms with Crippen molar-refractivity contribution in [2.75, 3.05) is 36.9 Å². The molecular formula is C13H20N2O2. The molecule has 1 atom stereocenters. The van der Waals surface area contributed by atoms with E-state index in [4.69, 9.17) is 15.6 Å². The van der Waals surface area contributed by atoms with Gasteiger partial charge >= 0.3 is 0 Å². The van der Waals surface area contributed by atoms with Gasteiger partial charge in [0.15, 0.2) is 0 Å². The van der Waals surface area contributed by atoms with E-state index < -0.39 is 0 Å². The summed E-state index contributed by atoms with van der Waals surface area (Å²) in [6.45, 7) is 4.44. The van der Waals surface area contributed by atoms with E-state index in [0.717, 1.165) is 30.8 Å². The maximum atomic E-state index is 8.72. The van der Waals surface area contributed by atoms with E-state index in [1.54, 1.807) is 0 Å². The number of hydrogen-bond acceptors (Lipinski definition) is 4. The molecule has 1 fully saturated rings. The Bertz CT molecular complexity index is 382. The van der Waals surface area contributed by atoms with Crippen LogP contribution in [0.15, 0.2) is 18.2 Å². The lowest BCUT2D eigenvalue weighted by Gasteiger charge is -2.19. The van der Waals surface area contributed by atoms with E-state index in [0.29, 0.717) is 6.61 Å². The second-order valence-corrected chi connectivity index (χ2v) is 4.49. The van der Waals surface area contributed by atoms with Crippen LogP contribution in [0.5, 0.6) is 0 Å². The number of nitrogen functional groups attached to an aromatic ring is 1. The van der Waals surface area contributed by atoms with E-state index in [9.17, 15) is 0 Å². The van der Waals surface area contributed by atoms with Crippen LogP contribution >= 0.6 is 0 Å². The van der Waals surface area contributed by atoms with E-state index in [-0.39, 0.29) is 12.7 Å². The summed E-state index contributed by atoms with van der Waals surface area (Å²) in [6.07, 6.45) is 1.25. The Morgan fingerprint density at radius 3 is 3.06 bits per heavy atom. The molecule has 0 aromatic heterocycles. The quantitative estimate of drug-likeness (QED) is 0.770. The molecule has 1 saturated heterocycles. The molecule has 1 heterocycles. The molecule has 0 spiro atoms. The van der Waals surface area contributed by atoms with Gasteiger partial charge in [0.1, 0.15) is 0 Å². The summed E-state index contributed by atoms with van der Waals surface area (Å²) in [5.41, 5.74) is 8.96. The number of benzene rings is 1. The van der Waals surface area contributed by atoms with Crippen molar-refractivity contribution in [3.63, 3.8) is 0 Å². The number of rotatable bonds is 4. The summed E-state index contributed by atoms with van der Waals surface area (Å²) in [5.74, 6) is 0. The molecule has 1 aromatic rings. The predicted molar refractivity (Wildman–Crippen MR) is 69.2 cm³/mol. The van der Waals surface area contributed by atoms with Crippen LogP contribution in [-0.2, 0) is 4.74 Å². The predicted octanol–water partition coefficient (Wildman–Crippen LogP) is 1.16. The number of hydrogen-bond donors (Lipinski definition) is 2. The van der Waals surface area contributed by atoms with Crippen LogP contribution in [-0.4, -0.2) is 37.5 Å². The van der Waals surface area contributed by atoms with E-state index >= 15 is 0 Å². The Labute approximate surface area is 102 Å². The SMILES string of the molecule is Cc1cc(N2CCC(OCCO)C2)ccc1N. The summed E-state index contributed by atoms with van der Waals surface area (Å²) in [4.78, 5) is 2.30. The summed E-state index contributed by atoms with van der Waals surface area (Å²) >= 11 is 0. The highest BCUT2D eigenvalue weighted by atomic mass is 16.5. The van der Waals surface area contributed by atoms with Crippen LogP contribution in [0, 0.1) is 6.92 Å². The van der Waals surface area contributed by atoms with Gasteiger partial charge in [0.25, 0.3) is 0 Å². The van der Waals surface area contributed by atoms with Crippen molar-refractivity contribution in [3.8, 4) is 0 Å². The van der Waals surface area contributed by atoms with Gasteiger partial charge in [-0.05, 0) is 37.1 Å². The fourth-order valence-electron chi connectivity index (χ4n) is 2.17. The molecule has 3 N–H and O–H groups in total. The molecule has 0 bridgehead atoms. The molecule has 1 aliphatic rings. The van der Waals surface area contributed by atoms with E-state index in [2.05, 4.69) is 17.0 Å². The molecule has 94 valence electrons. The summed E-state index contributed by atoms with van der Waals surface area (Å²) in [7, 11) is 0. The zero-order chi connectivity index (χ0) is 12.3. The van der Waals surface area contributed by atoms with Gasteiger partial charge < -0.3 is 20.5 Å². The second-order valence-electron chi connectivity index (χ2n) is 4.49. The van der Waals surface area contributed by atoms with Crippen LogP contribution in [0.2, 0.25) is 0 Å². The third-order valence-corrected chi connectivity index (χ3v) is 3.21. The van der Waals surface area contributed by atoms with Gasteiger partial charge in [-0.15, -0.1) is 0 Å². The molecule has 0 radical (unpaired) electrons. The number of aliphatic hydroxyl groups excluding tert-OH is 1. The van der Waals surface area contributed by atoms with Crippen LogP contribution in [0.3, 0.4) is 0 Å². The minimum atomic E-state index is 0.0947. The van der Waals surface area contributed by atoms with Crippen LogP contribution in [0.1, 0.15) is 12.0 Å². The average Bonchev–Trinajstić information content (AvgIpc) is 2.79. The molecule has 4 nitrogen and oxygen atoms in total. The Morgan fingerprint density at radius 2 is 2.35 bits per heavy atom. The second kappa shape index (κ2) is 5.38. The zero-order valence-corrected chi connectivity index (χ0v) is 10.2. The molecule has 1 aliphatic heterocycles. The first kappa shape index (κ1) is 12.2. The van der Waals surface area contributed by atoms with Gasteiger partial charge in [-0.2, -0.15) is 0 Å². The van der Waals surface area contributed by atoms with Gasteiger partial charge in [0.05, 0.1) is 19.3 Å². The first-order valence-corrected chi connectivity index (χ1v) is 6.04. The topological polar surface area (TPSA) is 58.7 Å². The number of aliphatic hydroxyl groups is 1. The molecule has 2 rings (SSSR count). The lowest BCUT2D eigenvalue weighted by atomic mass is 10.2. The smallest absolute Gasteiger partial charge is 0.0767 e. The minimum absolute atomic E-state index is 0.0947. The third-order valence-electron chi connectivity index (χ3n) is 3.21. The van der Waals surface area contributed by atoms with Crippen LogP contribution < -0.4 is 10.6 Å². The molecule has 1 aromatic carbocycles. The van der Waals surface area contributed by atoms with Crippen molar-refractivity contribution in [2.45, 2.75) is 19.4 Å². The van der Waals surface area contributed by atoms with E-state index in [1.165, 1.54) is 5.69 Å². The van der Waals surface area contributed by atoms with Gasteiger partial charge in [0, 0.05) is 24.5 Å². The summed E-state index contributed by atoms with van der Waals surface area (Å²) in [5, 5.41) is 8.72. The molecule has 0 aliphatic carbocycles. The largest absolute Gasteiger partial charge is 0.399 e. The van der Waals surface area contributed by atoms with Gasteiger partial charge in [-0.25, -0.2) is 0 Å². The highest BCUT2D eigenvalue weighted by Gasteiger charge is 2.23. The lowest BCUT2D eigenvalue weighted by Crippen LogP contribution is -2.23. The normalized spacial score (nSPS) is 19.9. The fourth-order valence-corrected chi connectivity index (χ4v) is 2.17. The average molecular weight is 236 g/mol. The van der Waals surface area contributed by atoms with E-state index in [1.807, 2.05) is 13.0 Å². The van der Waals surface area contributed by atoms with Crippen LogP contribution in [0.25, 0.3) is 0 Å². The third kappa shape index (κ3) is 2.90. The van der Waals surface area contributed by atoms with Gasteiger partial charge in [-0.1, -0.05) is 0 Å². The first-order chi connectivity index (χ1) is 8.20. The Kier molecular flexibility index (Phi) is 3.86. The summed E-state index contributed by atoms with van der Waals surface area (Å²) < 4.78 is 5.54. The maximum Gasteiger partial charge on any atom is 0.0767 e. The molecule has 1 unspecified atom stereocenters. The molecular weight excluding hydrogens is 216 g/mol. The number of ether oxygens (including phenoxy) is 1. The zero-order valence-electron chi connectivity index (χ0n) is 10.2. The Morgan fingerprint density at radius 1 is 1.53 bits per heavy atom. The van der Waals surface area contributed by atoms with Crippen molar-refractivity contribution in [1.82, 2.24) is 0 Å². The Hall–Kier alpha value is -1.26. The molecule has 0 saturated carbocycles. The minimum Gasteiger partial charge on any atom is -0.399 e. The van der Waals surface area contributed by atoms with Gasteiger partial charge in [0.2, 0.25) is 0 Å². The lowest BCUT2D eigenvalue weighted by molar-refractivity contribution is 0.0411. The number of anilines is 2. The Balaban J connectivity index is 1.97. The summed E-state index contributed by atoms with van der Waals surface area (Å²) in [6, 6.07) is 6.12. The molecule has 0 amide bonds. The van der Waals surface area contributed by atoms with Crippen molar-refractivity contribution in [1.29, 1.82) is 0 Å². The highest BCUT2D eigenvalue weighted by molar-refractivity contribution is 5.58. The molecule has 17 heavy (non-hydrogen) atoms. The van der Waals surface area contributed by atoms with Crippen molar-refractivity contribution >= 4 is 11.4 Å². The number of aryl methyl sites for hydroxylation is 1. The monoisotopic (exact) mass is 236 g/mol. The standard InChI is InChI=1S/C13H20N2O2/c1-10-8-11(2-3-13(10)14)15-5-4-12(9-15)17-7-6-16/h2-3,8,12,16H,4-7,9,14H2,1H3. The van der Waals surface area contributed by atoms with Crippen molar-refractivity contribution in [3.05, 3.63) is 23.8 Å². The highest BCUT2D eigenvalue weighted by Crippen LogP contribution is 2.25.